The van der Waals surface area contributed by atoms with Crippen molar-refractivity contribution < 1.29 is 14.7 Å². The van der Waals surface area contributed by atoms with E-state index in [2.05, 4.69) is 10.5 Å². The summed E-state index contributed by atoms with van der Waals surface area (Å²) in [4.78, 5) is 11.9. The quantitative estimate of drug-likeness (QED) is 0.340. The van der Waals surface area contributed by atoms with Gasteiger partial charge in [0.25, 0.3) is 0 Å². The van der Waals surface area contributed by atoms with E-state index in [-0.39, 0.29) is 17.2 Å². The number of anilines is 1. The van der Waals surface area contributed by atoms with E-state index in [9.17, 15) is 4.79 Å². The standard InChI is InChI=1S/C14H21N3O3/c1-14(2,3)8-12(18)16-10-6-5-9(13(15)17-19)7-11(10)20-4/h5-7,19H,8H2,1-4H3,(H2,15,17)(H,16,18). The van der Waals surface area contributed by atoms with E-state index in [1.165, 1.54) is 7.11 Å². The van der Waals surface area contributed by atoms with E-state index in [1.807, 2.05) is 20.8 Å². The molecule has 1 amide bonds. The first kappa shape index (κ1) is 15.8. The molecular formula is C14H21N3O3. The third-order valence-electron chi connectivity index (χ3n) is 2.57. The second-order valence-corrected chi connectivity index (χ2v) is 5.69. The average Bonchev–Trinajstić information content (AvgIpc) is 2.36. The van der Waals surface area contributed by atoms with Gasteiger partial charge in [-0.3, -0.25) is 4.79 Å². The summed E-state index contributed by atoms with van der Waals surface area (Å²) in [6.07, 6.45) is 0.401. The van der Waals surface area contributed by atoms with Crippen LogP contribution in [0.4, 0.5) is 5.69 Å². The highest BCUT2D eigenvalue weighted by atomic mass is 16.5. The number of amides is 1. The Bertz CT molecular complexity index is 519. The normalized spacial score (nSPS) is 12.1. The van der Waals surface area contributed by atoms with Gasteiger partial charge in [-0.15, -0.1) is 0 Å². The lowest BCUT2D eigenvalue weighted by atomic mass is 9.92. The van der Waals surface area contributed by atoms with Gasteiger partial charge < -0.3 is 21.0 Å². The Morgan fingerprint density at radius 1 is 1.45 bits per heavy atom. The molecule has 1 aromatic rings. The summed E-state index contributed by atoms with van der Waals surface area (Å²) in [5.74, 6) is 0.347. The van der Waals surface area contributed by atoms with E-state index >= 15 is 0 Å². The molecule has 0 heterocycles. The van der Waals surface area contributed by atoms with Gasteiger partial charge in [0, 0.05) is 12.0 Å². The Hall–Kier alpha value is -2.24. The molecule has 1 rings (SSSR count). The molecule has 0 aliphatic rings. The number of ether oxygens (including phenoxy) is 1. The molecule has 0 saturated heterocycles. The largest absolute Gasteiger partial charge is 0.495 e. The molecule has 0 aliphatic heterocycles. The van der Waals surface area contributed by atoms with Crippen molar-refractivity contribution in [3.8, 4) is 5.75 Å². The van der Waals surface area contributed by atoms with Crippen LogP contribution in [0, 0.1) is 5.41 Å². The zero-order valence-electron chi connectivity index (χ0n) is 12.2. The third-order valence-corrected chi connectivity index (χ3v) is 2.57. The molecule has 0 bridgehead atoms. The molecular weight excluding hydrogens is 258 g/mol. The van der Waals surface area contributed by atoms with Crippen molar-refractivity contribution in [3.63, 3.8) is 0 Å². The van der Waals surface area contributed by atoms with Crippen molar-refractivity contribution in [2.75, 3.05) is 12.4 Å². The summed E-state index contributed by atoms with van der Waals surface area (Å²) in [7, 11) is 1.49. The van der Waals surface area contributed by atoms with Crippen LogP contribution in [0.25, 0.3) is 0 Å². The second-order valence-electron chi connectivity index (χ2n) is 5.69. The van der Waals surface area contributed by atoms with Gasteiger partial charge in [-0.25, -0.2) is 0 Å². The van der Waals surface area contributed by atoms with Crippen LogP contribution in [-0.4, -0.2) is 24.1 Å². The molecule has 0 aliphatic carbocycles. The number of carbonyl (C=O) groups is 1. The zero-order chi connectivity index (χ0) is 15.3. The number of rotatable bonds is 4. The molecule has 20 heavy (non-hydrogen) atoms. The van der Waals surface area contributed by atoms with Crippen molar-refractivity contribution in [2.45, 2.75) is 27.2 Å². The van der Waals surface area contributed by atoms with Crippen molar-refractivity contribution in [3.05, 3.63) is 23.8 Å². The summed E-state index contributed by atoms with van der Waals surface area (Å²) < 4.78 is 5.20. The van der Waals surface area contributed by atoms with Crippen LogP contribution in [0.2, 0.25) is 0 Å². The lowest BCUT2D eigenvalue weighted by molar-refractivity contribution is -0.117. The summed E-state index contributed by atoms with van der Waals surface area (Å²) in [6, 6.07) is 4.90. The smallest absolute Gasteiger partial charge is 0.224 e. The lowest BCUT2D eigenvalue weighted by Gasteiger charge is -2.18. The fraction of sp³-hybridized carbons (Fsp3) is 0.429. The number of nitrogens with two attached hydrogens (primary N) is 1. The van der Waals surface area contributed by atoms with Crippen LogP contribution in [0.5, 0.6) is 5.75 Å². The zero-order valence-corrected chi connectivity index (χ0v) is 12.2. The SMILES string of the molecule is COc1cc(/C(N)=N/O)ccc1NC(=O)CC(C)(C)C. The lowest BCUT2D eigenvalue weighted by Crippen LogP contribution is -2.20. The van der Waals surface area contributed by atoms with Crippen LogP contribution in [0.3, 0.4) is 0 Å². The Kier molecular flexibility index (Phi) is 4.96. The summed E-state index contributed by atoms with van der Waals surface area (Å²) in [6.45, 7) is 5.97. The molecule has 0 unspecified atom stereocenters. The first-order valence-electron chi connectivity index (χ1n) is 6.22. The Balaban J connectivity index is 2.94. The Labute approximate surface area is 118 Å². The number of nitrogens with zero attached hydrogens (tertiary/aromatic N) is 1. The summed E-state index contributed by atoms with van der Waals surface area (Å²) >= 11 is 0. The number of oxime groups is 1. The highest BCUT2D eigenvalue weighted by Crippen LogP contribution is 2.27. The van der Waals surface area contributed by atoms with Crippen LogP contribution in [0.15, 0.2) is 23.4 Å². The van der Waals surface area contributed by atoms with Crippen LogP contribution >= 0.6 is 0 Å². The van der Waals surface area contributed by atoms with E-state index in [1.54, 1.807) is 18.2 Å². The molecule has 6 nitrogen and oxygen atoms in total. The van der Waals surface area contributed by atoms with E-state index in [0.29, 0.717) is 23.4 Å². The molecule has 1 aromatic carbocycles. The number of nitrogens with one attached hydrogen (secondary N) is 1. The molecule has 0 radical (unpaired) electrons. The summed E-state index contributed by atoms with van der Waals surface area (Å²) in [5, 5.41) is 14.4. The first-order chi connectivity index (χ1) is 9.26. The number of hydrogen-bond donors (Lipinski definition) is 3. The molecule has 0 fully saturated rings. The van der Waals surface area contributed by atoms with E-state index < -0.39 is 0 Å². The fourth-order valence-electron chi connectivity index (χ4n) is 1.69. The topological polar surface area (TPSA) is 96.9 Å². The van der Waals surface area contributed by atoms with Crippen molar-refractivity contribution >= 4 is 17.4 Å². The first-order valence-corrected chi connectivity index (χ1v) is 6.22. The number of hydrogen-bond acceptors (Lipinski definition) is 4. The van der Waals surface area contributed by atoms with Gasteiger partial charge in [-0.1, -0.05) is 25.9 Å². The minimum Gasteiger partial charge on any atom is -0.495 e. The van der Waals surface area contributed by atoms with E-state index in [4.69, 9.17) is 15.7 Å². The van der Waals surface area contributed by atoms with Crippen LogP contribution in [-0.2, 0) is 4.79 Å². The van der Waals surface area contributed by atoms with Gasteiger partial charge in [-0.05, 0) is 23.6 Å². The molecule has 4 N–H and O–H groups in total. The maximum absolute atomic E-state index is 11.9. The maximum atomic E-state index is 11.9. The van der Waals surface area contributed by atoms with Crippen molar-refractivity contribution in [2.24, 2.45) is 16.3 Å². The highest BCUT2D eigenvalue weighted by molar-refractivity contribution is 5.99. The number of amidine groups is 1. The molecule has 0 saturated carbocycles. The van der Waals surface area contributed by atoms with Crippen molar-refractivity contribution in [1.82, 2.24) is 0 Å². The summed E-state index contributed by atoms with van der Waals surface area (Å²) in [5.41, 5.74) is 6.48. The van der Waals surface area contributed by atoms with Gasteiger partial charge in [0.2, 0.25) is 5.91 Å². The number of benzene rings is 1. The molecule has 0 atom stereocenters. The molecule has 110 valence electrons. The third kappa shape index (κ3) is 4.46. The molecule has 6 heteroatoms. The highest BCUT2D eigenvalue weighted by Gasteiger charge is 2.17. The molecule has 0 aromatic heterocycles. The predicted octanol–water partition coefficient (Wildman–Crippen LogP) is 2.16. The second kappa shape index (κ2) is 6.27. The fourth-order valence-corrected chi connectivity index (χ4v) is 1.69. The Morgan fingerprint density at radius 3 is 2.60 bits per heavy atom. The maximum Gasteiger partial charge on any atom is 0.224 e. The van der Waals surface area contributed by atoms with Crippen LogP contribution in [0.1, 0.15) is 32.8 Å². The number of carbonyl (C=O) groups excluding carboxylic acids is 1. The van der Waals surface area contributed by atoms with Gasteiger partial charge in [0.15, 0.2) is 5.84 Å². The van der Waals surface area contributed by atoms with Gasteiger partial charge in [-0.2, -0.15) is 0 Å². The Morgan fingerprint density at radius 2 is 2.10 bits per heavy atom. The van der Waals surface area contributed by atoms with Gasteiger partial charge in [0.05, 0.1) is 12.8 Å². The van der Waals surface area contributed by atoms with Gasteiger partial charge in [0.1, 0.15) is 5.75 Å². The average molecular weight is 279 g/mol. The van der Waals surface area contributed by atoms with Gasteiger partial charge >= 0.3 is 0 Å². The minimum atomic E-state index is -0.0920. The monoisotopic (exact) mass is 279 g/mol. The molecule has 0 spiro atoms. The minimum absolute atomic E-state index is 0.0177. The van der Waals surface area contributed by atoms with E-state index in [0.717, 1.165) is 0 Å². The number of methoxy groups -OCH3 is 1. The van der Waals surface area contributed by atoms with Crippen molar-refractivity contribution in [1.29, 1.82) is 0 Å². The van der Waals surface area contributed by atoms with Crippen LogP contribution < -0.4 is 15.8 Å². The predicted molar refractivity (Wildman–Crippen MR) is 78.2 cm³/mol.